The molecule has 1 aliphatic rings. The standard InChI is InChI=1S/C28H22F6N2O3S2/c29-27(30,31)23-12-5-4-11-22(23)24-25(40-26(35-24)36-41(37,38)21-9-2-1-3-10-21)19-8-6-7-17(15-19)18-13-14-20(16-18)39-28(32,33)34/h1-12,15,18,20H,13-14,16H2,(H,35,36)/t18-,20+/m1/s1. The maximum absolute atomic E-state index is 14.0. The quantitative estimate of drug-likeness (QED) is 0.213. The Kier molecular flexibility index (Phi) is 7.88. The van der Waals surface area contributed by atoms with Gasteiger partial charge in [-0.1, -0.05) is 65.9 Å². The van der Waals surface area contributed by atoms with Crippen LogP contribution in [0.25, 0.3) is 21.7 Å². The van der Waals surface area contributed by atoms with E-state index < -0.39 is 34.2 Å². The smallest absolute Gasteiger partial charge is 0.289 e. The Morgan fingerprint density at radius 1 is 0.878 bits per heavy atom. The van der Waals surface area contributed by atoms with Crippen molar-refractivity contribution in [2.24, 2.45) is 0 Å². The van der Waals surface area contributed by atoms with Crippen LogP contribution in [0.5, 0.6) is 0 Å². The van der Waals surface area contributed by atoms with Crippen molar-refractivity contribution in [1.82, 2.24) is 4.98 Å². The van der Waals surface area contributed by atoms with Gasteiger partial charge in [0, 0.05) is 5.56 Å². The topological polar surface area (TPSA) is 68.3 Å². The van der Waals surface area contributed by atoms with Crippen LogP contribution < -0.4 is 4.72 Å². The molecule has 0 radical (unpaired) electrons. The zero-order valence-electron chi connectivity index (χ0n) is 21.0. The van der Waals surface area contributed by atoms with E-state index in [0.29, 0.717) is 17.5 Å². The molecule has 0 spiro atoms. The van der Waals surface area contributed by atoms with Crippen LogP contribution in [0.3, 0.4) is 0 Å². The van der Waals surface area contributed by atoms with Crippen LogP contribution in [0.2, 0.25) is 0 Å². The molecule has 1 N–H and O–H groups in total. The Hall–Kier alpha value is -3.42. The van der Waals surface area contributed by atoms with Gasteiger partial charge in [-0.25, -0.2) is 13.4 Å². The molecule has 0 amide bonds. The van der Waals surface area contributed by atoms with E-state index in [0.717, 1.165) is 17.4 Å². The maximum atomic E-state index is 14.0. The molecule has 0 bridgehead atoms. The van der Waals surface area contributed by atoms with Gasteiger partial charge in [-0.3, -0.25) is 9.46 Å². The second-order valence-electron chi connectivity index (χ2n) is 9.48. The molecule has 13 heteroatoms. The first-order valence-corrected chi connectivity index (χ1v) is 14.7. The number of anilines is 1. The maximum Gasteiger partial charge on any atom is 0.522 e. The van der Waals surface area contributed by atoms with E-state index in [2.05, 4.69) is 14.4 Å². The molecule has 0 unspecified atom stereocenters. The van der Waals surface area contributed by atoms with E-state index in [1.807, 2.05) is 0 Å². The van der Waals surface area contributed by atoms with Crippen LogP contribution in [0.4, 0.5) is 31.5 Å². The zero-order chi connectivity index (χ0) is 29.4. The third-order valence-corrected chi connectivity index (χ3v) is 9.20. The van der Waals surface area contributed by atoms with Gasteiger partial charge in [0.2, 0.25) is 0 Å². The molecule has 3 aromatic carbocycles. The predicted octanol–water partition coefficient (Wildman–Crippen LogP) is 8.47. The fraction of sp³-hybridized carbons (Fsp3) is 0.250. The number of rotatable bonds is 7. The highest BCUT2D eigenvalue weighted by Crippen LogP contribution is 2.46. The zero-order valence-corrected chi connectivity index (χ0v) is 22.7. The van der Waals surface area contributed by atoms with Gasteiger partial charge >= 0.3 is 12.5 Å². The average Bonchev–Trinajstić information content (AvgIpc) is 3.55. The number of benzene rings is 3. The highest BCUT2D eigenvalue weighted by molar-refractivity contribution is 7.93. The molecular formula is C28H22F6N2O3S2. The summed E-state index contributed by atoms with van der Waals surface area (Å²) >= 11 is 0.866. The van der Waals surface area contributed by atoms with E-state index >= 15 is 0 Å². The highest BCUT2D eigenvalue weighted by Gasteiger charge is 2.38. The van der Waals surface area contributed by atoms with Crippen molar-refractivity contribution in [1.29, 1.82) is 0 Å². The summed E-state index contributed by atoms with van der Waals surface area (Å²) in [4.78, 5) is 4.53. The highest BCUT2D eigenvalue weighted by atomic mass is 32.2. The number of aromatic nitrogens is 1. The number of thiazole rings is 1. The molecule has 2 atom stereocenters. The minimum Gasteiger partial charge on any atom is -0.289 e. The number of hydrogen-bond donors (Lipinski definition) is 1. The summed E-state index contributed by atoms with van der Waals surface area (Å²) in [6.07, 6.45) is -9.64. The molecule has 1 aromatic heterocycles. The Morgan fingerprint density at radius 3 is 2.29 bits per heavy atom. The second-order valence-corrected chi connectivity index (χ2v) is 12.2. The first-order chi connectivity index (χ1) is 19.3. The van der Waals surface area contributed by atoms with Gasteiger partial charge in [0.05, 0.1) is 27.1 Å². The van der Waals surface area contributed by atoms with Crippen LogP contribution in [0.15, 0.2) is 83.8 Å². The number of nitrogens with one attached hydrogen (secondary N) is 1. The molecule has 5 nitrogen and oxygen atoms in total. The van der Waals surface area contributed by atoms with E-state index in [4.69, 9.17) is 0 Å². The molecular weight excluding hydrogens is 590 g/mol. The molecule has 0 aliphatic heterocycles. The van der Waals surface area contributed by atoms with Gasteiger partial charge in [-0.2, -0.15) is 13.2 Å². The van der Waals surface area contributed by atoms with E-state index in [9.17, 15) is 34.8 Å². The molecule has 1 saturated carbocycles. The first kappa shape index (κ1) is 29.1. The van der Waals surface area contributed by atoms with Crippen LogP contribution in [-0.2, 0) is 20.9 Å². The van der Waals surface area contributed by atoms with Crippen LogP contribution in [-0.4, -0.2) is 25.9 Å². The number of ether oxygens (including phenoxy) is 1. The fourth-order valence-electron chi connectivity index (χ4n) is 4.93. The molecule has 41 heavy (non-hydrogen) atoms. The van der Waals surface area contributed by atoms with Gasteiger partial charge in [0.25, 0.3) is 10.0 Å². The van der Waals surface area contributed by atoms with Crippen molar-refractivity contribution < 1.29 is 39.5 Å². The molecule has 1 heterocycles. The summed E-state index contributed by atoms with van der Waals surface area (Å²) in [7, 11) is -4.09. The first-order valence-electron chi connectivity index (χ1n) is 12.4. The second kappa shape index (κ2) is 11.1. The molecule has 216 valence electrons. The monoisotopic (exact) mass is 612 g/mol. The minimum atomic E-state index is -4.74. The van der Waals surface area contributed by atoms with Crippen molar-refractivity contribution in [2.45, 2.75) is 48.7 Å². The normalized spacial score (nSPS) is 18.0. The van der Waals surface area contributed by atoms with Crippen molar-refractivity contribution >= 4 is 26.5 Å². The average molecular weight is 613 g/mol. The molecule has 1 fully saturated rings. The van der Waals surface area contributed by atoms with Gasteiger partial charge in [-0.15, -0.1) is 13.2 Å². The van der Waals surface area contributed by atoms with Gasteiger partial charge in [0.1, 0.15) is 0 Å². The number of sulfonamides is 1. The van der Waals surface area contributed by atoms with Gasteiger partial charge in [0.15, 0.2) is 5.13 Å². The summed E-state index contributed by atoms with van der Waals surface area (Å²) < 4.78 is 113. The van der Waals surface area contributed by atoms with Crippen LogP contribution >= 0.6 is 11.3 Å². The lowest BCUT2D eigenvalue weighted by Gasteiger charge is -2.15. The summed E-state index contributed by atoms with van der Waals surface area (Å²) in [5.41, 5.74) is -0.0945. The van der Waals surface area contributed by atoms with Crippen LogP contribution in [0.1, 0.15) is 36.3 Å². The number of hydrogen-bond acceptors (Lipinski definition) is 5. The number of nitrogens with zero attached hydrogens (tertiary/aromatic N) is 1. The Balaban J connectivity index is 1.56. The number of halogens is 6. The summed E-state index contributed by atoms with van der Waals surface area (Å²) in [5.74, 6) is -0.253. The van der Waals surface area contributed by atoms with E-state index in [-0.39, 0.29) is 44.9 Å². The predicted molar refractivity (Wildman–Crippen MR) is 143 cm³/mol. The van der Waals surface area contributed by atoms with Gasteiger partial charge < -0.3 is 0 Å². The third kappa shape index (κ3) is 6.74. The fourth-order valence-corrected chi connectivity index (χ4v) is 7.16. The largest absolute Gasteiger partial charge is 0.522 e. The minimum absolute atomic E-state index is 0.0483. The molecule has 1 aliphatic carbocycles. The SMILES string of the molecule is O=S(=O)(Nc1nc(-c2ccccc2C(F)(F)F)c(-c2cccc([C@@H]3CC[C@H](OC(F)(F)F)C3)c2)s1)c1ccccc1. The lowest BCUT2D eigenvalue weighted by Crippen LogP contribution is -2.21. The molecule has 5 rings (SSSR count). The number of alkyl halides is 6. The van der Waals surface area contributed by atoms with Crippen molar-refractivity contribution in [3.63, 3.8) is 0 Å². The molecule has 0 saturated heterocycles. The Morgan fingerprint density at radius 2 is 1.59 bits per heavy atom. The lowest BCUT2D eigenvalue weighted by molar-refractivity contribution is -0.341. The van der Waals surface area contributed by atoms with E-state index in [1.54, 1.807) is 30.3 Å². The third-order valence-electron chi connectivity index (χ3n) is 6.69. The summed E-state index contributed by atoms with van der Waals surface area (Å²) in [6.45, 7) is 0. The lowest BCUT2D eigenvalue weighted by atomic mass is 9.94. The van der Waals surface area contributed by atoms with Gasteiger partial charge in [-0.05, 0) is 60.6 Å². The van der Waals surface area contributed by atoms with Crippen molar-refractivity contribution in [2.75, 3.05) is 4.72 Å². The Labute approximate surface area is 235 Å². The Bertz CT molecular complexity index is 1640. The molecule has 4 aromatic rings. The van der Waals surface area contributed by atoms with E-state index in [1.165, 1.54) is 42.5 Å². The van der Waals surface area contributed by atoms with Crippen LogP contribution in [0, 0.1) is 0 Å². The van der Waals surface area contributed by atoms with Crippen molar-refractivity contribution in [3.8, 4) is 21.7 Å². The van der Waals surface area contributed by atoms with Crippen molar-refractivity contribution in [3.05, 3.63) is 90.0 Å². The summed E-state index contributed by atoms with van der Waals surface area (Å²) in [5, 5.41) is -0.138. The summed E-state index contributed by atoms with van der Waals surface area (Å²) in [6, 6.07) is 19.1.